The van der Waals surface area contributed by atoms with Gasteiger partial charge < -0.3 is 15.2 Å². The summed E-state index contributed by atoms with van der Waals surface area (Å²) < 4.78 is 5.72. The molecule has 0 spiro atoms. The first-order valence-electron chi connectivity index (χ1n) is 6.98. The molecule has 1 amide bonds. The molecule has 0 heterocycles. The number of hydrogen-bond acceptors (Lipinski definition) is 4. The lowest BCUT2D eigenvalue weighted by molar-refractivity contribution is -0.129. The van der Waals surface area contributed by atoms with E-state index in [2.05, 4.69) is 21.2 Å². The molecule has 1 atom stereocenters. The average molecular weight is 378 g/mol. The van der Waals surface area contributed by atoms with Crippen molar-refractivity contribution in [3.63, 3.8) is 0 Å². The fraction of sp³-hybridized carbons (Fsp3) is 0.176. The molecule has 120 valence electrons. The molecule has 0 radical (unpaired) electrons. The van der Waals surface area contributed by atoms with Crippen LogP contribution in [-0.4, -0.2) is 23.1 Å². The summed E-state index contributed by atoms with van der Waals surface area (Å²) in [6.07, 6.45) is -0.968. The van der Waals surface area contributed by atoms with E-state index in [9.17, 15) is 14.7 Å². The van der Waals surface area contributed by atoms with Crippen LogP contribution in [0, 0.1) is 0 Å². The summed E-state index contributed by atoms with van der Waals surface area (Å²) in [6, 6.07) is 13.8. The van der Waals surface area contributed by atoms with Crippen LogP contribution < -0.4 is 5.32 Å². The number of nitrogens with one attached hydrogen (secondary N) is 1. The van der Waals surface area contributed by atoms with Gasteiger partial charge in [0.1, 0.15) is 11.3 Å². The Morgan fingerprint density at radius 3 is 2.61 bits per heavy atom. The molecule has 2 rings (SSSR count). The Labute approximate surface area is 142 Å². The molecule has 0 bridgehead atoms. The van der Waals surface area contributed by atoms with Gasteiger partial charge in [0.05, 0.1) is 0 Å². The number of ether oxygens (including phenoxy) is 1. The van der Waals surface area contributed by atoms with Crippen LogP contribution in [0.1, 0.15) is 22.8 Å². The van der Waals surface area contributed by atoms with Crippen LogP contribution in [0.4, 0.5) is 0 Å². The number of rotatable bonds is 5. The third-order valence-corrected chi connectivity index (χ3v) is 3.63. The summed E-state index contributed by atoms with van der Waals surface area (Å²) in [4.78, 5) is 24.0. The van der Waals surface area contributed by atoms with E-state index in [-0.39, 0.29) is 11.3 Å². The Bertz CT molecular complexity index is 703. The zero-order valence-corrected chi connectivity index (χ0v) is 14.0. The first-order valence-corrected chi connectivity index (χ1v) is 7.78. The second-order valence-electron chi connectivity index (χ2n) is 4.91. The molecule has 0 fully saturated rings. The normalized spacial score (nSPS) is 11.6. The van der Waals surface area contributed by atoms with Crippen molar-refractivity contribution in [2.75, 3.05) is 0 Å². The van der Waals surface area contributed by atoms with E-state index in [0.717, 1.165) is 5.56 Å². The number of carbonyl (C=O) groups excluding carboxylic acids is 2. The number of phenolic OH excluding ortho intramolecular Hbond substituents is 1. The van der Waals surface area contributed by atoms with Gasteiger partial charge in [-0.05, 0) is 30.7 Å². The Balaban J connectivity index is 1.92. The molecule has 6 heteroatoms. The first-order chi connectivity index (χ1) is 11.0. The van der Waals surface area contributed by atoms with E-state index in [1.165, 1.54) is 19.1 Å². The number of esters is 1. The highest BCUT2D eigenvalue weighted by Gasteiger charge is 2.21. The molecule has 2 N–H and O–H groups in total. The number of amides is 1. The Morgan fingerprint density at radius 2 is 1.91 bits per heavy atom. The molecule has 2 aromatic carbocycles. The maximum atomic E-state index is 12.0. The van der Waals surface area contributed by atoms with Crippen LogP contribution in [0.3, 0.4) is 0 Å². The maximum Gasteiger partial charge on any atom is 0.342 e. The summed E-state index contributed by atoms with van der Waals surface area (Å²) in [5, 5.41) is 12.4. The molecule has 0 saturated heterocycles. The lowest BCUT2D eigenvalue weighted by atomic mass is 10.2. The van der Waals surface area contributed by atoms with Crippen LogP contribution in [0.25, 0.3) is 0 Å². The Hall–Kier alpha value is -2.34. The molecule has 0 aliphatic heterocycles. The molecule has 23 heavy (non-hydrogen) atoms. The fourth-order valence-corrected chi connectivity index (χ4v) is 2.24. The summed E-state index contributed by atoms with van der Waals surface area (Å²) in [5.41, 5.74) is 0.950. The van der Waals surface area contributed by atoms with Crippen molar-refractivity contribution in [3.05, 3.63) is 64.1 Å². The maximum absolute atomic E-state index is 12.0. The minimum atomic E-state index is -0.968. The van der Waals surface area contributed by atoms with Crippen molar-refractivity contribution >= 4 is 27.8 Å². The van der Waals surface area contributed by atoms with Crippen molar-refractivity contribution < 1.29 is 19.4 Å². The van der Waals surface area contributed by atoms with E-state index in [4.69, 9.17) is 4.74 Å². The number of benzene rings is 2. The van der Waals surface area contributed by atoms with Crippen LogP contribution in [-0.2, 0) is 16.1 Å². The fourth-order valence-electron chi connectivity index (χ4n) is 1.88. The minimum absolute atomic E-state index is 0.00193. The van der Waals surface area contributed by atoms with E-state index in [0.29, 0.717) is 11.0 Å². The van der Waals surface area contributed by atoms with Crippen LogP contribution in [0.2, 0.25) is 0 Å². The van der Waals surface area contributed by atoms with Gasteiger partial charge in [-0.3, -0.25) is 4.79 Å². The highest BCUT2D eigenvalue weighted by atomic mass is 79.9. The lowest BCUT2D eigenvalue weighted by Crippen LogP contribution is -2.35. The number of phenols is 1. The van der Waals surface area contributed by atoms with Gasteiger partial charge in [-0.25, -0.2) is 4.79 Å². The van der Waals surface area contributed by atoms with Gasteiger partial charge in [0, 0.05) is 11.0 Å². The highest BCUT2D eigenvalue weighted by Crippen LogP contribution is 2.23. The third-order valence-electron chi connectivity index (χ3n) is 3.14. The summed E-state index contributed by atoms with van der Waals surface area (Å²) in [6.45, 7) is 1.83. The zero-order chi connectivity index (χ0) is 16.8. The van der Waals surface area contributed by atoms with Gasteiger partial charge in [-0.2, -0.15) is 0 Å². The van der Waals surface area contributed by atoms with Crippen molar-refractivity contribution in [3.8, 4) is 5.75 Å². The zero-order valence-electron chi connectivity index (χ0n) is 12.5. The van der Waals surface area contributed by atoms with Crippen molar-refractivity contribution in [2.45, 2.75) is 19.6 Å². The summed E-state index contributed by atoms with van der Waals surface area (Å²) in [5.74, 6) is -1.36. The number of carbonyl (C=O) groups is 2. The molecule has 0 saturated carbocycles. The van der Waals surface area contributed by atoms with Gasteiger partial charge in [0.25, 0.3) is 5.91 Å². The standard InChI is InChI=1S/C17H16BrNO4/c1-11(16(21)19-10-12-5-3-2-4-6-12)23-17(22)14-9-13(18)7-8-15(14)20/h2-9,11,20H,10H2,1H3,(H,19,21)/t11-/m1/s1. The number of hydrogen-bond donors (Lipinski definition) is 2. The SMILES string of the molecule is C[C@@H](OC(=O)c1cc(Br)ccc1O)C(=O)NCc1ccccc1. The van der Waals surface area contributed by atoms with Crippen LogP contribution in [0.5, 0.6) is 5.75 Å². The van der Waals surface area contributed by atoms with Gasteiger partial charge in [0.15, 0.2) is 6.10 Å². The largest absolute Gasteiger partial charge is 0.507 e. The van der Waals surface area contributed by atoms with Crippen LogP contribution in [0.15, 0.2) is 53.0 Å². The van der Waals surface area contributed by atoms with Gasteiger partial charge in [-0.1, -0.05) is 46.3 Å². The molecule has 0 unspecified atom stereocenters. The molecule has 0 aliphatic carbocycles. The smallest absolute Gasteiger partial charge is 0.342 e. The molecule has 0 aromatic heterocycles. The number of aromatic hydroxyl groups is 1. The predicted octanol–water partition coefficient (Wildman–Crippen LogP) is 3.02. The van der Waals surface area contributed by atoms with Crippen molar-refractivity contribution in [1.82, 2.24) is 5.32 Å². The van der Waals surface area contributed by atoms with Gasteiger partial charge in [-0.15, -0.1) is 0 Å². The minimum Gasteiger partial charge on any atom is -0.507 e. The molecule has 5 nitrogen and oxygen atoms in total. The molecular weight excluding hydrogens is 362 g/mol. The molecular formula is C17H16BrNO4. The van der Waals surface area contributed by atoms with Crippen molar-refractivity contribution in [2.24, 2.45) is 0 Å². The van der Waals surface area contributed by atoms with Crippen LogP contribution >= 0.6 is 15.9 Å². The van der Waals surface area contributed by atoms with E-state index < -0.39 is 18.0 Å². The second-order valence-corrected chi connectivity index (χ2v) is 5.83. The van der Waals surface area contributed by atoms with Crippen molar-refractivity contribution in [1.29, 1.82) is 0 Å². The lowest BCUT2D eigenvalue weighted by Gasteiger charge is -2.14. The highest BCUT2D eigenvalue weighted by molar-refractivity contribution is 9.10. The molecule has 0 aliphatic rings. The van der Waals surface area contributed by atoms with E-state index in [1.807, 2.05) is 30.3 Å². The van der Waals surface area contributed by atoms with E-state index >= 15 is 0 Å². The third kappa shape index (κ3) is 4.82. The average Bonchev–Trinajstić information content (AvgIpc) is 2.55. The van der Waals surface area contributed by atoms with Gasteiger partial charge >= 0.3 is 5.97 Å². The van der Waals surface area contributed by atoms with E-state index in [1.54, 1.807) is 6.07 Å². The monoisotopic (exact) mass is 377 g/mol. The summed E-state index contributed by atoms with van der Waals surface area (Å²) >= 11 is 3.21. The summed E-state index contributed by atoms with van der Waals surface area (Å²) in [7, 11) is 0. The number of halogens is 1. The Kier molecular flexibility index (Phi) is 5.76. The molecule has 2 aromatic rings. The topological polar surface area (TPSA) is 75.6 Å². The predicted molar refractivity (Wildman–Crippen MR) is 89.0 cm³/mol. The van der Waals surface area contributed by atoms with Gasteiger partial charge in [0.2, 0.25) is 0 Å². The quantitative estimate of drug-likeness (QED) is 0.785. The second kappa shape index (κ2) is 7.78. The first kappa shape index (κ1) is 17.0. The Morgan fingerprint density at radius 1 is 1.22 bits per heavy atom.